The highest BCUT2D eigenvalue weighted by Gasteiger charge is 2.33. The van der Waals surface area contributed by atoms with E-state index in [-0.39, 0.29) is 18.0 Å². The number of hydrogen-bond donors (Lipinski definition) is 1. The third kappa shape index (κ3) is 7.29. The number of amidine groups is 1. The highest BCUT2D eigenvalue weighted by molar-refractivity contribution is 9.10. The van der Waals surface area contributed by atoms with Crippen LogP contribution in [0.25, 0.3) is 6.08 Å². The number of aliphatic imine (C=N–C) groups is 1. The number of ether oxygens (including phenoxy) is 2. The maximum Gasteiger partial charge on any atom is 0.335 e. The number of hydrogen-bond acceptors (Lipinski definition) is 6. The van der Waals surface area contributed by atoms with Crippen LogP contribution < -0.4 is 9.47 Å². The Kier molecular flexibility index (Phi) is 9.41. The number of carboxylic acid groups (broad SMARTS) is 1. The molecule has 5 rings (SSSR count). The first kappa shape index (κ1) is 29.2. The van der Waals surface area contributed by atoms with Crippen LogP contribution in [0.1, 0.15) is 34.0 Å². The van der Waals surface area contributed by atoms with Crippen LogP contribution in [0.4, 0.5) is 5.69 Å². The van der Waals surface area contributed by atoms with Gasteiger partial charge in [0, 0.05) is 4.47 Å². The van der Waals surface area contributed by atoms with Crippen molar-refractivity contribution >= 4 is 56.5 Å². The third-order valence-electron chi connectivity index (χ3n) is 6.28. The minimum atomic E-state index is -0.998. The molecule has 1 heterocycles. The van der Waals surface area contributed by atoms with Gasteiger partial charge in [-0.3, -0.25) is 9.69 Å². The number of amides is 1. The lowest BCUT2D eigenvalue weighted by Crippen LogP contribution is -2.28. The normalized spacial score (nSPS) is 14.9. The lowest BCUT2D eigenvalue weighted by molar-refractivity contribution is -0.122. The summed E-state index contributed by atoms with van der Waals surface area (Å²) in [7, 11) is 0. The van der Waals surface area contributed by atoms with E-state index in [0.29, 0.717) is 34.8 Å². The lowest BCUT2D eigenvalue weighted by atomic mass is 10.1. The zero-order chi connectivity index (χ0) is 29.5. The fraction of sp³-hybridized carbons (Fsp3) is 0.121. The van der Waals surface area contributed by atoms with Crippen LogP contribution in [0.5, 0.6) is 11.5 Å². The molecule has 7 nitrogen and oxygen atoms in total. The summed E-state index contributed by atoms with van der Waals surface area (Å²) >= 11 is 4.74. The minimum Gasteiger partial charge on any atom is -0.490 e. The van der Waals surface area contributed by atoms with Crippen molar-refractivity contribution in [2.75, 3.05) is 6.61 Å². The number of halogens is 1. The lowest BCUT2D eigenvalue weighted by Gasteiger charge is -2.16. The Hall–Kier alpha value is -4.34. The molecule has 1 aliphatic rings. The molecule has 0 spiro atoms. The molecule has 4 aromatic carbocycles. The number of carboxylic acids is 1. The predicted molar refractivity (Wildman–Crippen MR) is 169 cm³/mol. The molecule has 1 fully saturated rings. The van der Waals surface area contributed by atoms with E-state index >= 15 is 0 Å². The molecule has 0 atom stereocenters. The van der Waals surface area contributed by atoms with Gasteiger partial charge in [-0.2, -0.15) is 0 Å². The fourth-order valence-electron chi connectivity index (χ4n) is 4.17. The summed E-state index contributed by atoms with van der Waals surface area (Å²) in [5, 5.41) is 9.77. The topological polar surface area (TPSA) is 88.4 Å². The van der Waals surface area contributed by atoms with Gasteiger partial charge < -0.3 is 14.6 Å². The van der Waals surface area contributed by atoms with Crippen molar-refractivity contribution in [1.29, 1.82) is 0 Å². The molecule has 0 bridgehead atoms. The van der Waals surface area contributed by atoms with Crippen LogP contribution in [0.15, 0.2) is 111 Å². The van der Waals surface area contributed by atoms with Gasteiger partial charge in [-0.15, -0.1) is 0 Å². The van der Waals surface area contributed by atoms with E-state index in [1.807, 2.05) is 85.8 Å². The molecular formula is C33H27BrN2O5S. The number of rotatable bonds is 10. The van der Waals surface area contributed by atoms with Gasteiger partial charge in [0.15, 0.2) is 16.7 Å². The number of para-hydroxylation sites is 1. The number of benzene rings is 4. The average Bonchev–Trinajstić information content (AvgIpc) is 3.27. The molecular weight excluding hydrogens is 616 g/mol. The highest BCUT2D eigenvalue weighted by atomic mass is 79.9. The molecule has 0 aromatic heterocycles. The van der Waals surface area contributed by atoms with Crippen LogP contribution in [0.2, 0.25) is 0 Å². The van der Waals surface area contributed by atoms with Gasteiger partial charge in [0.05, 0.1) is 29.3 Å². The minimum absolute atomic E-state index is 0.189. The molecule has 0 unspecified atom stereocenters. The van der Waals surface area contributed by atoms with Gasteiger partial charge >= 0.3 is 5.97 Å². The number of aromatic carboxylic acids is 1. The quantitative estimate of drug-likeness (QED) is 0.177. The molecule has 42 heavy (non-hydrogen) atoms. The Morgan fingerprint density at radius 3 is 2.33 bits per heavy atom. The Morgan fingerprint density at radius 2 is 1.64 bits per heavy atom. The number of thioether (sulfide) groups is 1. The van der Waals surface area contributed by atoms with Gasteiger partial charge in [0.1, 0.15) is 6.61 Å². The summed E-state index contributed by atoms with van der Waals surface area (Å²) in [6.45, 7) is 3.02. The van der Waals surface area contributed by atoms with Crippen molar-refractivity contribution in [1.82, 2.24) is 4.90 Å². The van der Waals surface area contributed by atoms with Crippen molar-refractivity contribution < 1.29 is 24.2 Å². The van der Waals surface area contributed by atoms with Crippen LogP contribution in [0.3, 0.4) is 0 Å². The zero-order valence-electron chi connectivity index (χ0n) is 22.7. The largest absolute Gasteiger partial charge is 0.490 e. The van der Waals surface area contributed by atoms with Crippen LogP contribution in [-0.4, -0.2) is 33.7 Å². The van der Waals surface area contributed by atoms with E-state index in [4.69, 9.17) is 14.5 Å². The van der Waals surface area contributed by atoms with Gasteiger partial charge in [-0.1, -0.05) is 64.5 Å². The molecule has 1 amide bonds. The number of carbonyl (C=O) groups excluding carboxylic acids is 1. The number of carbonyl (C=O) groups is 2. The van der Waals surface area contributed by atoms with Gasteiger partial charge in [0.25, 0.3) is 5.91 Å². The summed E-state index contributed by atoms with van der Waals surface area (Å²) in [5.74, 6) is 0.0191. The second-order valence-electron chi connectivity index (χ2n) is 9.29. The summed E-state index contributed by atoms with van der Waals surface area (Å²) in [6, 6.07) is 29.5. The zero-order valence-corrected chi connectivity index (χ0v) is 25.1. The van der Waals surface area contributed by atoms with Crippen molar-refractivity contribution in [2.24, 2.45) is 4.99 Å². The molecule has 0 saturated carbocycles. The molecule has 0 aliphatic carbocycles. The number of nitrogens with zero attached hydrogens (tertiary/aromatic N) is 2. The van der Waals surface area contributed by atoms with Crippen LogP contribution in [-0.2, 0) is 17.9 Å². The smallest absolute Gasteiger partial charge is 0.335 e. The van der Waals surface area contributed by atoms with Crippen molar-refractivity contribution in [3.8, 4) is 11.5 Å². The van der Waals surface area contributed by atoms with Gasteiger partial charge in [-0.05, 0) is 90.0 Å². The monoisotopic (exact) mass is 642 g/mol. The van der Waals surface area contributed by atoms with Crippen molar-refractivity contribution in [2.45, 2.75) is 20.1 Å². The second kappa shape index (κ2) is 13.5. The fourth-order valence-corrected chi connectivity index (χ4v) is 5.44. The molecule has 212 valence electrons. The Labute approximate surface area is 256 Å². The summed E-state index contributed by atoms with van der Waals surface area (Å²) in [5.41, 5.74) is 3.53. The van der Waals surface area contributed by atoms with E-state index in [2.05, 4.69) is 15.9 Å². The Bertz CT molecular complexity index is 1640. The molecule has 0 radical (unpaired) electrons. The van der Waals surface area contributed by atoms with Crippen LogP contribution >= 0.6 is 27.7 Å². The van der Waals surface area contributed by atoms with E-state index in [9.17, 15) is 14.7 Å². The Morgan fingerprint density at radius 1 is 0.929 bits per heavy atom. The summed E-state index contributed by atoms with van der Waals surface area (Å²) in [4.78, 5) is 31.8. The van der Waals surface area contributed by atoms with Gasteiger partial charge in [0.2, 0.25) is 0 Å². The highest BCUT2D eigenvalue weighted by Crippen LogP contribution is 2.37. The van der Waals surface area contributed by atoms with E-state index in [0.717, 1.165) is 26.9 Å². The van der Waals surface area contributed by atoms with Crippen molar-refractivity contribution in [3.63, 3.8) is 0 Å². The van der Waals surface area contributed by atoms with E-state index in [1.54, 1.807) is 17.0 Å². The Balaban J connectivity index is 1.41. The van der Waals surface area contributed by atoms with Crippen molar-refractivity contribution in [3.05, 3.63) is 129 Å². The molecule has 1 saturated heterocycles. The first-order valence-corrected chi connectivity index (χ1v) is 14.8. The van der Waals surface area contributed by atoms with Gasteiger partial charge in [-0.25, -0.2) is 9.79 Å². The SMILES string of the molecule is CCOc1cc(/C=C2\SC(=Nc3ccccc3)N(Cc3ccc(C(=O)O)cc3)C2=O)ccc1OCc1ccc(Br)cc1. The second-order valence-corrected chi connectivity index (χ2v) is 11.2. The maximum atomic E-state index is 13.7. The third-order valence-corrected chi connectivity index (χ3v) is 7.82. The predicted octanol–water partition coefficient (Wildman–Crippen LogP) is 7.93. The first-order valence-electron chi connectivity index (χ1n) is 13.2. The molecule has 9 heteroatoms. The summed E-state index contributed by atoms with van der Waals surface area (Å²) < 4.78 is 12.9. The summed E-state index contributed by atoms with van der Waals surface area (Å²) in [6.07, 6.45) is 1.82. The van der Waals surface area contributed by atoms with Crippen LogP contribution in [0, 0.1) is 0 Å². The first-order chi connectivity index (χ1) is 20.4. The van der Waals surface area contributed by atoms with E-state index in [1.165, 1.54) is 23.9 Å². The molecule has 1 N–H and O–H groups in total. The molecule has 4 aromatic rings. The van der Waals surface area contributed by atoms with E-state index < -0.39 is 5.97 Å². The molecule has 1 aliphatic heterocycles. The standard InChI is InChI=1S/C33H27BrN2O5S/c1-2-40-29-18-24(12-17-28(29)41-21-23-10-15-26(34)16-11-23)19-30-31(37)36(20-22-8-13-25(14-9-22)32(38)39)33(42-30)35-27-6-4-3-5-7-27/h3-19H,2,20-21H2,1H3,(H,38,39)/b30-19-,35-33?. The average molecular weight is 644 g/mol. The maximum absolute atomic E-state index is 13.7.